The SMILES string of the molecule is Cc1ccn(CCNc2cccc(C3CCCNC3)n2)n1. The monoisotopic (exact) mass is 285 g/mol. The van der Waals surface area contributed by atoms with Gasteiger partial charge in [-0.25, -0.2) is 4.98 Å². The van der Waals surface area contributed by atoms with Gasteiger partial charge < -0.3 is 10.6 Å². The average Bonchev–Trinajstić information content (AvgIpc) is 2.94. The van der Waals surface area contributed by atoms with Crippen LogP contribution in [0.2, 0.25) is 0 Å². The van der Waals surface area contributed by atoms with Crippen molar-refractivity contribution in [1.29, 1.82) is 0 Å². The Kier molecular flexibility index (Phi) is 4.50. The number of piperidine rings is 1. The number of rotatable bonds is 5. The Balaban J connectivity index is 1.55. The normalized spacial score (nSPS) is 18.6. The maximum absolute atomic E-state index is 4.75. The number of hydrogen-bond acceptors (Lipinski definition) is 4. The minimum Gasteiger partial charge on any atom is -0.368 e. The van der Waals surface area contributed by atoms with Crippen LogP contribution in [0, 0.1) is 6.92 Å². The highest BCUT2D eigenvalue weighted by atomic mass is 15.3. The molecule has 1 saturated heterocycles. The first-order chi connectivity index (χ1) is 10.3. The van der Waals surface area contributed by atoms with Crippen molar-refractivity contribution in [1.82, 2.24) is 20.1 Å². The number of nitrogens with one attached hydrogen (secondary N) is 2. The second kappa shape index (κ2) is 6.72. The standard InChI is InChI=1S/C16H23N5/c1-13-7-10-21(20-13)11-9-18-16-6-2-5-15(19-16)14-4-3-8-17-12-14/h2,5-7,10,14,17H,3-4,8-9,11-12H2,1H3,(H,18,19). The van der Waals surface area contributed by atoms with Gasteiger partial charge in [-0.05, 0) is 44.5 Å². The zero-order valence-electron chi connectivity index (χ0n) is 12.5. The summed E-state index contributed by atoms with van der Waals surface area (Å²) in [5.74, 6) is 1.51. The molecule has 5 heteroatoms. The predicted molar refractivity (Wildman–Crippen MR) is 84.5 cm³/mol. The van der Waals surface area contributed by atoms with Crippen molar-refractivity contribution < 1.29 is 0 Å². The molecule has 21 heavy (non-hydrogen) atoms. The Bertz CT molecular complexity index is 572. The lowest BCUT2D eigenvalue weighted by Crippen LogP contribution is -2.28. The molecule has 0 amide bonds. The van der Waals surface area contributed by atoms with E-state index in [1.807, 2.05) is 29.9 Å². The maximum atomic E-state index is 4.75. The lowest BCUT2D eigenvalue weighted by Gasteiger charge is -2.22. The van der Waals surface area contributed by atoms with Gasteiger partial charge in [-0.2, -0.15) is 5.10 Å². The summed E-state index contributed by atoms with van der Waals surface area (Å²) in [6, 6.07) is 8.29. The fourth-order valence-electron chi connectivity index (χ4n) is 2.77. The van der Waals surface area contributed by atoms with E-state index in [-0.39, 0.29) is 0 Å². The van der Waals surface area contributed by atoms with Gasteiger partial charge in [-0.15, -0.1) is 0 Å². The highest BCUT2D eigenvalue weighted by molar-refractivity contribution is 5.36. The van der Waals surface area contributed by atoms with Gasteiger partial charge in [-0.3, -0.25) is 4.68 Å². The molecule has 112 valence electrons. The molecule has 0 aromatic carbocycles. The molecule has 1 atom stereocenters. The van der Waals surface area contributed by atoms with Crippen molar-refractivity contribution in [3.8, 4) is 0 Å². The van der Waals surface area contributed by atoms with Gasteiger partial charge in [0.1, 0.15) is 5.82 Å². The van der Waals surface area contributed by atoms with Crippen LogP contribution in [-0.2, 0) is 6.54 Å². The fourth-order valence-corrected chi connectivity index (χ4v) is 2.77. The van der Waals surface area contributed by atoms with Crippen LogP contribution in [0.1, 0.15) is 30.1 Å². The summed E-state index contributed by atoms with van der Waals surface area (Å²) in [7, 11) is 0. The van der Waals surface area contributed by atoms with E-state index in [1.54, 1.807) is 0 Å². The summed E-state index contributed by atoms with van der Waals surface area (Å²) in [6.45, 7) is 5.87. The van der Waals surface area contributed by atoms with Crippen molar-refractivity contribution in [2.24, 2.45) is 0 Å². The Labute approximate surface area is 125 Å². The van der Waals surface area contributed by atoms with Gasteiger partial charge in [-0.1, -0.05) is 6.07 Å². The van der Waals surface area contributed by atoms with Crippen LogP contribution in [0.4, 0.5) is 5.82 Å². The Morgan fingerprint density at radius 1 is 1.38 bits per heavy atom. The molecule has 0 bridgehead atoms. The van der Waals surface area contributed by atoms with Crippen molar-refractivity contribution >= 4 is 5.82 Å². The van der Waals surface area contributed by atoms with Gasteiger partial charge in [0.15, 0.2) is 0 Å². The Morgan fingerprint density at radius 3 is 3.10 bits per heavy atom. The molecule has 5 nitrogen and oxygen atoms in total. The predicted octanol–water partition coefficient (Wildman–Crippen LogP) is 2.17. The summed E-state index contributed by atoms with van der Waals surface area (Å²) >= 11 is 0. The van der Waals surface area contributed by atoms with Crippen molar-refractivity contribution in [3.63, 3.8) is 0 Å². The van der Waals surface area contributed by atoms with Crippen molar-refractivity contribution in [2.45, 2.75) is 32.2 Å². The summed E-state index contributed by atoms with van der Waals surface area (Å²) in [5.41, 5.74) is 2.25. The molecule has 2 aromatic rings. The molecular formula is C16H23N5. The van der Waals surface area contributed by atoms with Crippen LogP contribution in [-0.4, -0.2) is 34.4 Å². The number of nitrogens with zero attached hydrogens (tertiary/aromatic N) is 3. The first kappa shape index (κ1) is 14.1. The minimum absolute atomic E-state index is 0.550. The molecule has 1 aliphatic heterocycles. The van der Waals surface area contributed by atoms with Gasteiger partial charge in [0.2, 0.25) is 0 Å². The van der Waals surface area contributed by atoms with Crippen LogP contribution in [0.5, 0.6) is 0 Å². The molecule has 3 rings (SSSR count). The highest BCUT2D eigenvalue weighted by Gasteiger charge is 2.16. The van der Waals surface area contributed by atoms with Gasteiger partial charge in [0, 0.05) is 30.9 Å². The topological polar surface area (TPSA) is 54.8 Å². The Hall–Kier alpha value is -1.88. The number of hydrogen-bond donors (Lipinski definition) is 2. The van der Waals surface area contributed by atoms with Gasteiger partial charge in [0.25, 0.3) is 0 Å². The maximum Gasteiger partial charge on any atom is 0.126 e. The molecule has 3 heterocycles. The Morgan fingerprint density at radius 2 is 2.33 bits per heavy atom. The van der Waals surface area contributed by atoms with Crippen LogP contribution in [0.15, 0.2) is 30.5 Å². The molecule has 0 radical (unpaired) electrons. The third-order valence-electron chi connectivity index (χ3n) is 3.91. The number of aryl methyl sites for hydroxylation is 1. The van der Waals surface area contributed by atoms with E-state index in [9.17, 15) is 0 Å². The third kappa shape index (κ3) is 3.82. The van der Waals surface area contributed by atoms with E-state index >= 15 is 0 Å². The lowest BCUT2D eigenvalue weighted by molar-refractivity contribution is 0.455. The van der Waals surface area contributed by atoms with Crippen LogP contribution in [0.3, 0.4) is 0 Å². The zero-order chi connectivity index (χ0) is 14.5. The summed E-state index contributed by atoms with van der Waals surface area (Å²) in [4.78, 5) is 4.75. The number of pyridine rings is 1. The largest absolute Gasteiger partial charge is 0.368 e. The first-order valence-electron chi connectivity index (χ1n) is 7.73. The summed E-state index contributed by atoms with van der Waals surface area (Å²) < 4.78 is 1.96. The number of aromatic nitrogens is 3. The zero-order valence-corrected chi connectivity index (χ0v) is 12.5. The third-order valence-corrected chi connectivity index (χ3v) is 3.91. The molecule has 1 fully saturated rings. The molecule has 0 spiro atoms. The molecule has 1 aliphatic rings. The second-order valence-corrected chi connectivity index (χ2v) is 5.64. The first-order valence-corrected chi connectivity index (χ1v) is 7.73. The summed E-state index contributed by atoms with van der Waals surface area (Å²) in [6.07, 6.45) is 4.48. The molecular weight excluding hydrogens is 262 g/mol. The number of anilines is 1. The van der Waals surface area contributed by atoms with E-state index in [0.29, 0.717) is 5.92 Å². The minimum atomic E-state index is 0.550. The molecule has 1 unspecified atom stereocenters. The van der Waals surface area contributed by atoms with E-state index in [4.69, 9.17) is 4.98 Å². The summed E-state index contributed by atoms with van der Waals surface area (Å²) in [5, 5.41) is 11.2. The van der Waals surface area contributed by atoms with Crippen LogP contribution >= 0.6 is 0 Å². The molecule has 2 aromatic heterocycles. The smallest absolute Gasteiger partial charge is 0.126 e. The lowest BCUT2D eigenvalue weighted by atomic mass is 9.96. The molecule has 2 N–H and O–H groups in total. The van der Waals surface area contributed by atoms with E-state index in [2.05, 4.69) is 27.9 Å². The highest BCUT2D eigenvalue weighted by Crippen LogP contribution is 2.22. The van der Waals surface area contributed by atoms with E-state index in [1.165, 1.54) is 18.5 Å². The fraction of sp³-hybridized carbons (Fsp3) is 0.500. The van der Waals surface area contributed by atoms with Gasteiger partial charge >= 0.3 is 0 Å². The van der Waals surface area contributed by atoms with E-state index in [0.717, 1.165) is 37.7 Å². The van der Waals surface area contributed by atoms with Crippen LogP contribution in [0.25, 0.3) is 0 Å². The molecule has 0 aliphatic carbocycles. The molecule has 0 saturated carbocycles. The average molecular weight is 285 g/mol. The van der Waals surface area contributed by atoms with Crippen molar-refractivity contribution in [2.75, 3.05) is 25.0 Å². The quantitative estimate of drug-likeness (QED) is 0.884. The van der Waals surface area contributed by atoms with Gasteiger partial charge in [0.05, 0.1) is 12.2 Å². The second-order valence-electron chi connectivity index (χ2n) is 5.64. The van der Waals surface area contributed by atoms with E-state index < -0.39 is 0 Å². The van der Waals surface area contributed by atoms with Crippen LogP contribution < -0.4 is 10.6 Å². The van der Waals surface area contributed by atoms with Crippen molar-refractivity contribution in [3.05, 3.63) is 41.9 Å².